The Morgan fingerprint density at radius 3 is 2.31 bits per heavy atom. The molecule has 1 rings (SSSR count). The predicted molar refractivity (Wildman–Crippen MR) is 72.5 cm³/mol. The van der Waals surface area contributed by atoms with Gasteiger partial charge in [0.25, 0.3) is 0 Å². The van der Waals surface area contributed by atoms with Crippen molar-refractivity contribution >= 4 is 0 Å². The van der Waals surface area contributed by atoms with Crippen molar-refractivity contribution in [1.29, 1.82) is 0 Å². The van der Waals surface area contributed by atoms with Crippen LogP contribution in [0.4, 0.5) is 0 Å². The summed E-state index contributed by atoms with van der Waals surface area (Å²) < 4.78 is 0. The van der Waals surface area contributed by atoms with Gasteiger partial charge in [0.2, 0.25) is 0 Å². The standard InChI is InChI=1S/C15H31N/c1-3-5-8-13(4-2)11-12-15(16)14-9-6-7-10-14/h13-15H,3-12,16H2,1-2H3. The van der Waals surface area contributed by atoms with Crippen molar-refractivity contribution in [3.63, 3.8) is 0 Å². The molecule has 0 aliphatic heterocycles. The molecule has 2 atom stereocenters. The summed E-state index contributed by atoms with van der Waals surface area (Å²) in [5, 5.41) is 0. The normalized spacial score (nSPS) is 21.2. The Hall–Kier alpha value is -0.0400. The molecule has 1 heteroatoms. The van der Waals surface area contributed by atoms with E-state index in [4.69, 9.17) is 5.73 Å². The Bertz CT molecular complexity index is 161. The largest absolute Gasteiger partial charge is 0.327 e. The van der Waals surface area contributed by atoms with Crippen molar-refractivity contribution in [3.8, 4) is 0 Å². The van der Waals surface area contributed by atoms with Crippen LogP contribution < -0.4 is 5.73 Å². The zero-order chi connectivity index (χ0) is 11.8. The maximum absolute atomic E-state index is 6.31. The zero-order valence-corrected chi connectivity index (χ0v) is 11.4. The van der Waals surface area contributed by atoms with Gasteiger partial charge in [-0.1, -0.05) is 52.4 Å². The number of hydrogen-bond donors (Lipinski definition) is 1. The summed E-state index contributed by atoms with van der Waals surface area (Å²) >= 11 is 0. The van der Waals surface area contributed by atoms with Gasteiger partial charge in [-0.05, 0) is 37.5 Å². The summed E-state index contributed by atoms with van der Waals surface area (Å²) in [7, 11) is 0. The van der Waals surface area contributed by atoms with Crippen molar-refractivity contribution in [1.82, 2.24) is 0 Å². The first-order valence-corrected chi connectivity index (χ1v) is 7.53. The fourth-order valence-corrected chi connectivity index (χ4v) is 3.09. The monoisotopic (exact) mass is 225 g/mol. The van der Waals surface area contributed by atoms with E-state index in [9.17, 15) is 0 Å². The van der Waals surface area contributed by atoms with Gasteiger partial charge >= 0.3 is 0 Å². The molecule has 2 N–H and O–H groups in total. The highest BCUT2D eigenvalue weighted by molar-refractivity contribution is 4.78. The Morgan fingerprint density at radius 1 is 1.06 bits per heavy atom. The number of unbranched alkanes of at least 4 members (excludes halogenated alkanes) is 1. The minimum Gasteiger partial charge on any atom is -0.327 e. The van der Waals surface area contributed by atoms with Gasteiger partial charge in [0.1, 0.15) is 0 Å². The lowest BCUT2D eigenvalue weighted by molar-refractivity contribution is 0.343. The zero-order valence-electron chi connectivity index (χ0n) is 11.4. The summed E-state index contributed by atoms with van der Waals surface area (Å²) in [5.74, 6) is 1.79. The fraction of sp³-hybridized carbons (Fsp3) is 1.00. The van der Waals surface area contributed by atoms with Crippen molar-refractivity contribution < 1.29 is 0 Å². The van der Waals surface area contributed by atoms with E-state index in [1.165, 1.54) is 64.2 Å². The lowest BCUT2D eigenvalue weighted by Crippen LogP contribution is -2.28. The predicted octanol–water partition coefficient (Wildman–Crippen LogP) is 4.50. The summed E-state index contributed by atoms with van der Waals surface area (Å²) in [6.45, 7) is 4.62. The first-order chi connectivity index (χ1) is 7.77. The van der Waals surface area contributed by atoms with E-state index in [1.54, 1.807) is 0 Å². The van der Waals surface area contributed by atoms with Crippen LogP contribution in [0.2, 0.25) is 0 Å². The van der Waals surface area contributed by atoms with Gasteiger partial charge in [-0.15, -0.1) is 0 Å². The third-order valence-electron chi connectivity index (χ3n) is 4.46. The molecule has 1 fully saturated rings. The third-order valence-corrected chi connectivity index (χ3v) is 4.46. The second-order valence-electron chi connectivity index (χ2n) is 5.70. The Kier molecular flexibility index (Phi) is 7.11. The molecular formula is C15H31N. The molecule has 0 saturated heterocycles. The first kappa shape index (κ1) is 14.0. The van der Waals surface area contributed by atoms with Crippen LogP contribution in [-0.2, 0) is 0 Å². The minimum atomic E-state index is 0.498. The van der Waals surface area contributed by atoms with Gasteiger partial charge in [-0.3, -0.25) is 0 Å². The molecule has 1 aliphatic carbocycles. The molecule has 2 unspecified atom stereocenters. The molecule has 0 bridgehead atoms. The summed E-state index contributed by atoms with van der Waals surface area (Å²) in [6.07, 6.45) is 13.8. The van der Waals surface area contributed by atoms with E-state index in [2.05, 4.69) is 13.8 Å². The van der Waals surface area contributed by atoms with Crippen LogP contribution in [0.5, 0.6) is 0 Å². The molecule has 0 aromatic carbocycles. The molecule has 0 spiro atoms. The second-order valence-corrected chi connectivity index (χ2v) is 5.70. The summed E-state index contributed by atoms with van der Waals surface area (Å²) in [4.78, 5) is 0. The first-order valence-electron chi connectivity index (χ1n) is 7.53. The third kappa shape index (κ3) is 4.86. The summed E-state index contributed by atoms with van der Waals surface area (Å²) in [5.41, 5.74) is 6.31. The second kappa shape index (κ2) is 8.11. The smallest absolute Gasteiger partial charge is 0.00672 e. The molecule has 0 aromatic heterocycles. The van der Waals surface area contributed by atoms with Crippen molar-refractivity contribution in [2.24, 2.45) is 17.6 Å². The van der Waals surface area contributed by atoms with Crippen LogP contribution in [-0.4, -0.2) is 6.04 Å². The molecule has 0 radical (unpaired) electrons. The number of rotatable bonds is 8. The minimum absolute atomic E-state index is 0.498. The van der Waals surface area contributed by atoms with E-state index >= 15 is 0 Å². The van der Waals surface area contributed by atoms with Crippen LogP contribution in [0.15, 0.2) is 0 Å². The van der Waals surface area contributed by atoms with E-state index in [-0.39, 0.29) is 0 Å². The van der Waals surface area contributed by atoms with Gasteiger partial charge in [0.05, 0.1) is 0 Å². The quantitative estimate of drug-likeness (QED) is 0.646. The van der Waals surface area contributed by atoms with Crippen LogP contribution in [0, 0.1) is 11.8 Å². The van der Waals surface area contributed by atoms with Crippen molar-refractivity contribution in [2.75, 3.05) is 0 Å². The van der Waals surface area contributed by atoms with Gasteiger partial charge in [0, 0.05) is 6.04 Å². The van der Waals surface area contributed by atoms with Gasteiger partial charge in [-0.2, -0.15) is 0 Å². The Labute approximate surface area is 102 Å². The molecule has 16 heavy (non-hydrogen) atoms. The lowest BCUT2D eigenvalue weighted by Gasteiger charge is -2.21. The van der Waals surface area contributed by atoms with E-state index < -0.39 is 0 Å². The molecule has 1 nitrogen and oxygen atoms in total. The molecule has 0 aromatic rings. The number of hydrogen-bond acceptors (Lipinski definition) is 1. The molecule has 0 amide bonds. The number of nitrogens with two attached hydrogens (primary N) is 1. The highest BCUT2D eigenvalue weighted by Gasteiger charge is 2.22. The topological polar surface area (TPSA) is 26.0 Å². The average Bonchev–Trinajstić information content (AvgIpc) is 2.82. The van der Waals surface area contributed by atoms with Crippen LogP contribution in [0.25, 0.3) is 0 Å². The fourth-order valence-electron chi connectivity index (χ4n) is 3.09. The van der Waals surface area contributed by atoms with Gasteiger partial charge in [0.15, 0.2) is 0 Å². The van der Waals surface area contributed by atoms with E-state index in [0.29, 0.717) is 6.04 Å². The van der Waals surface area contributed by atoms with Gasteiger partial charge < -0.3 is 5.73 Å². The maximum Gasteiger partial charge on any atom is 0.00672 e. The average molecular weight is 225 g/mol. The van der Waals surface area contributed by atoms with E-state index in [1.807, 2.05) is 0 Å². The van der Waals surface area contributed by atoms with Crippen LogP contribution in [0.1, 0.15) is 78.1 Å². The summed E-state index contributed by atoms with van der Waals surface area (Å²) in [6, 6.07) is 0.498. The SMILES string of the molecule is CCCCC(CC)CCC(N)C1CCCC1. The molecule has 0 heterocycles. The van der Waals surface area contributed by atoms with E-state index in [0.717, 1.165) is 11.8 Å². The molecule has 96 valence electrons. The van der Waals surface area contributed by atoms with Gasteiger partial charge in [-0.25, -0.2) is 0 Å². The van der Waals surface area contributed by atoms with Crippen molar-refractivity contribution in [3.05, 3.63) is 0 Å². The highest BCUT2D eigenvalue weighted by Crippen LogP contribution is 2.30. The van der Waals surface area contributed by atoms with Crippen molar-refractivity contribution in [2.45, 2.75) is 84.1 Å². The molecular weight excluding hydrogens is 194 g/mol. The van der Waals surface area contributed by atoms with Crippen LogP contribution >= 0.6 is 0 Å². The molecule has 1 aliphatic rings. The maximum atomic E-state index is 6.31. The Morgan fingerprint density at radius 2 is 1.75 bits per heavy atom. The molecule has 1 saturated carbocycles. The highest BCUT2D eigenvalue weighted by atomic mass is 14.7. The van der Waals surface area contributed by atoms with Crippen LogP contribution in [0.3, 0.4) is 0 Å². The Balaban J connectivity index is 2.14. The lowest BCUT2D eigenvalue weighted by atomic mass is 9.88.